The molecular formula is C15H20N4O6S. The SMILES string of the molecule is CC(=O)NCCN(C(=O)C1=CN2CCS(=O)(=O)N=C2C=C1)C(C)C(=O)O. The summed E-state index contributed by atoms with van der Waals surface area (Å²) in [6.45, 7) is 2.99. The van der Waals surface area contributed by atoms with E-state index in [0.29, 0.717) is 0 Å². The molecule has 0 aromatic rings. The fourth-order valence-electron chi connectivity index (χ4n) is 2.45. The lowest BCUT2D eigenvalue weighted by atomic mass is 10.1. The second-order valence-corrected chi connectivity index (χ2v) is 7.60. The van der Waals surface area contributed by atoms with Gasteiger partial charge in [-0.05, 0) is 19.1 Å². The average Bonchev–Trinajstić information content (AvgIpc) is 2.56. The smallest absolute Gasteiger partial charge is 0.326 e. The van der Waals surface area contributed by atoms with Crippen LogP contribution in [-0.4, -0.2) is 78.4 Å². The Hall–Kier alpha value is -2.69. The van der Waals surface area contributed by atoms with E-state index in [2.05, 4.69) is 9.71 Å². The van der Waals surface area contributed by atoms with Crippen LogP contribution in [-0.2, 0) is 24.4 Å². The molecule has 0 saturated carbocycles. The molecule has 0 spiro atoms. The number of hydrogen-bond donors (Lipinski definition) is 2. The minimum absolute atomic E-state index is 0.0202. The van der Waals surface area contributed by atoms with E-state index in [1.165, 1.54) is 37.1 Å². The summed E-state index contributed by atoms with van der Waals surface area (Å²) < 4.78 is 26.7. The minimum Gasteiger partial charge on any atom is -0.480 e. The third-order valence-corrected chi connectivity index (χ3v) is 5.05. The zero-order chi connectivity index (χ0) is 19.5. The molecule has 0 radical (unpaired) electrons. The van der Waals surface area contributed by atoms with E-state index in [9.17, 15) is 27.9 Å². The molecule has 26 heavy (non-hydrogen) atoms. The molecule has 2 amide bonds. The monoisotopic (exact) mass is 384 g/mol. The fourth-order valence-corrected chi connectivity index (χ4v) is 3.42. The van der Waals surface area contributed by atoms with Crippen molar-refractivity contribution < 1.29 is 27.9 Å². The number of sulfonamides is 1. The maximum Gasteiger partial charge on any atom is 0.326 e. The lowest BCUT2D eigenvalue weighted by Crippen LogP contribution is -2.48. The van der Waals surface area contributed by atoms with Crippen LogP contribution in [0.1, 0.15) is 13.8 Å². The highest BCUT2D eigenvalue weighted by Gasteiger charge is 2.30. The number of carboxylic acid groups (broad SMARTS) is 1. The molecular weight excluding hydrogens is 364 g/mol. The highest BCUT2D eigenvalue weighted by molar-refractivity contribution is 7.90. The Morgan fingerprint density at radius 2 is 2.08 bits per heavy atom. The van der Waals surface area contributed by atoms with Gasteiger partial charge in [-0.3, -0.25) is 9.59 Å². The molecule has 2 rings (SSSR count). The first-order chi connectivity index (χ1) is 12.1. The van der Waals surface area contributed by atoms with Gasteiger partial charge in [0.2, 0.25) is 5.91 Å². The Labute approximate surface area is 150 Å². The highest BCUT2D eigenvalue weighted by Crippen LogP contribution is 2.18. The van der Waals surface area contributed by atoms with Gasteiger partial charge in [-0.2, -0.15) is 0 Å². The van der Waals surface area contributed by atoms with Crippen LogP contribution in [0.2, 0.25) is 0 Å². The van der Waals surface area contributed by atoms with E-state index in [1.807, 2.05) is 0 Å². The molecule has 0 saturated heterocycles. The van der Waals surface area contributed by atoms with Crippen LogP contribution in [0.5, 0.6) is 0 Å². The summed E-state index contributed by atoms with van der Waals surface area (Å²) in [5.74, 6) is -1.95. The molecule has 2 heterocycles. The zero-order valence-corrected chi connectivity index (χ0v) is 15.2. The second kappa shape index (κ2) is 7.68. The minimum atomic E-state index is -3.50. The summed E-state index contributed by atoms with van der Waals surface area (Å²) in [5.41, 5.74) is 0.208. The van der Waals surface area contributed by atoms with Gasteiger partial charge in [0.05, 0.1) is 11.3 Å². The van der Waals surface area contributed by atoms with Crippen molar-refractivity contribution in [1.29, 1.82) is 0 Å². The topological polar surface area (TPSA) is 136 Å². The number of fused-ring (bicyclic) bond motifs is 1. The molecule has 0 bridgehead atoms. The Bertz CT molecular complexity index is 814. The maximum atomic E-state index is 12.8. The van der Waals surface area contributed by atoms with Gasteiger partial charge in [0.25, 0.3) is 15.9 Å². The van der Waals surface area contributed by atoms with Crippen molar-refractivity contribution >= 4 is 33.6 Å². The van der Waals surface area contributed by atoms with Crippen LogP contribution in [0.25, 0.3) is 0 Å². The van der Waals surface area contributed by atoms with Crippen molar-refractivity contribution in [3.63, 3.8) is 0 Å². The van der Waals surface area contributed by atoms with Gasteiger partial charge in [0, 0.05) is 32.8 Å². The first-order valence-electron chi connectivity index (χ1n) is 7.88. The number of nitrogens with one attached hydrogen (secondary N) is 1. The summed E-state index contributed by atoms with van der Waals surface area (Å²) in [4.78, 5) is 37.7. The quantitative estimate of drug-likeness (QED) is 0.594. The number of carboxylic acids is 1. The first kappa shape index (κ1) is 19.6. The van der Waals surface area contributed by atoms with Crippen molar-refractivity contribution in [2.24, 2.45) is 4.40 Å². The van der Waals surface area contributed by atoms with Crippen LogP contribution < -0.4 is 5.32 Å². The summed E-state index contributed by atoms with van der Waals surface area (Å²) in [6.07, 6.45) is 4.26. The van der Waals surface area contributed by atoms with E-state index in [4.69, 9.17) is 0 Å². The number of rotatable bonds is 6. The summed E-state index contributed by atoms with van der Waals surface area (Å²) in [7, 11) is -3.50. The van der Waals surface area contributed by atoms with Gasteiger partial charge in [-0.15, -0.1) is 4.40 Å². The van der Waals surface area contributed by atoms with Gasteiger partial charge in [-0.1, -0.05) is 0 Å². The highest BCUT2D eigenvalue weighted by atomic mass is 32.2. The Morgan fingerprint density at radius 1 is 1.38 bits per heavy atom. The second-order valence-electron chi connectivity index (χ2n) is 5.84. The molecule has 2 aliphatic rings. The van der Waals surface area contributed by atoms with Gasteiger partial charge >= 0.3 is 5.97 Å². The number of hydrogen-bond acceptors (Lipinski definition) is 6. The van der Waals surface area contributed by atoms with Crippen LogP contribution in [0.4, 0.5) is 0 Å². The largest absolute Gasteiger partial charge is 0.480 e. The molecule has 11 heteroatoms. The number of aliphatic carboxylic acids is 1. The van der Waals surface area contributed by atoms with E-state index >= 15 is 0 Å². The van der Waals surface area contributed by atoms with Gasteiger partial charge in [0.1, 0.15) is 11.9 Å². The van der Waals surface area contributed by atoms with Gasteiger partial charge in [-0.25, -0.2) is 13.2 Å². The van der Waals surface area contributed by atoms with Crippen molar-refractivity contribution in [2.75, 3.05) is 25.4 Å². The zero-order valence-electron chi connectivity index (χ0n) is 14.4. The summed E-state index contributed by atoms with van der Waals surface area (Å²) >= 11 is 0. The van der Waals surface area contributed by atoms with Crippen LogP contribution in [0.15, 0.2) is 28.3 Å². The molecule has 0 aliphatic carbocycles. The van der Waals surface area contributed by atoms with Gasteiger partial charge < -0.3 is 20.2 Å². The van der Waals surface area contributed by atoms with Gasteiger partial charge in [0.15, 0.2) is 0 Å². The number of carbonyl (C=O) groups excluding carboxylic acids is 2. The fraction of sp³-hybridized carbons (Fsp3) is 0.467. The molecule has 2 aliphatic heterocycles. The summed E-state index contributed by atoms with van der Waals surface area (Å²) in [6, 6.07) is -1.10. The number of amides is 2. The normalized spacial score (nSPS) is 18.9. The molecule has 0 fully saturated rings. The van der Waals surface area contributed by atoms with Crippen LogP contribution >= 0.6 is 0 Å². The number of amidine groups is 1. The van der Waals surface area contributed by atoms with Crippen molar-refractivity contribution in [2.45, 2.75) is 19.9 Å². The Balaban J connectivity index is 2.20. The number of nitrogens with zero attached hydrogens (tertiary/aromatic N) is 3. The maximum absolute atomic E-state index is 12.8. The first-order valence-corrected chi connectivity index (χ1v) is 9.49. The number of carbonyl (C=O) groups is 3. The van der Waals surface area contributed by atoms with E-state index < -0.39 is 27.9 Å². The molecule has 1 unspecified atom stereocenters. The molecule has 2 N–H and O–H groups in total. The molecule has 142 valence electrons. The molecule has 0 aromatic carbocycles. The predicted octanol–water partition coefficient (Wildman–Crippen LogP) is -1.08. The van der Waals surface area contributed by atoms with E-state index in [0.717, 1.165) is 4.90 Å². The third kappa shape index (κ3) is 4.69. The average molecular weight is 384 g/mol. The summed E-state index contributed by atoms with van der Waals surface area (Å²) in [5, 5.41) is 11.8. The van der Waals surface area contributed by atoms with Crippen LogP contribution in [0.3, 0.4) is 0 Å². The van der Waals surface area contributed by atoms with E-state index in [1.54, 1.807) is 0 Å². The molecule has 1 atom stereocenters. The van der Waals surface area contributed by atoms with Crippen LogP contribution in [0, 0.1) is 0 Å². The molecule has 0 aromatic heterocycles. The standard InChI is InChI=1S/C15H20N4O6S/c1-10(15(22)23)19(6-5-16-11(2)20)14(21)12-3-4-13-17-26(24,25)8-7-18(13)9-12/h3-4,9-10H,5-8H2,1-2H3,(H,16,20)(H,22,23). The lowest BCUT2D eigenvalue weighted by molar-refractivity contribution is -0.147. The van der Waals surface area contributed by atoms with Crippen molar-refractivity contribution in [3.05, 3.63) is 23.9 Å². The Kier molecular flexibility index (Phi) is 5.80. The molecule has 10 nitrogen and oxygen atoms in total. The lowest BCUT2D eigenvalue weighted by Gasteiger charge is -2.30. The van der Waals surface area contributed by atoms with Crippen molar-refractivity contribution in [1.82, 2.24) is 15.1 Å². The Morgan fingerprint density at radius 3 is 2.69 bits per heavy atom. The predicted molar refractivity (Wildman–Crippen MR) is 92.6 cm³/mol. The third-order valence-electron chi connectivity index (χ3n) is 3.88. The van der Waals surface area contributed by atoms with Crippen molar-refractivity contribution in [3.8, 4) is 0 Å². The van der Waals surface area contributed by atoms with E-state index in [-0.39, 0.29) is 42.7 Å².